The molecule has 2 rings (SSSR count). The first-order valence-electron chi connectivity index (χ1n) is 7.22. The summed E-state index contributed by atoms with van der Waals surface area (Å²) < 4.78 is 0. The highest BCUT2D eigenvalue weighted by Crippen LogP contribution is 2.27. The fourth-order valence-electron chi connectivity index (χ4n) is 2.93. The van der Waals surface area contributed by atoms with Gasteiger partial charge in [0.2, 0.25) is 0 Å². The van der Waals surface area contributed by atoms with E-state index in [1.165, 1.54) is 5.56 Å². The predicted octanol–water partition coefficient (Wildman–Crippen LogP) is 1.71. The molecule has 0 amide bonds. The third kappa shape index (κ3) is 3.19. The van der Waals surface area contributed by atoms with Gasteiger partial charge in [0.15, 0.2) is 0 Å². The molecule has 20 heavy (non-hydrogen) atoms. The number of likely N-dealkylation sites (N-methyl/N-ethyl adjacent to an activating group) is 1. The summed E-state index contributed by atoms with van der Waals surface area (Å²) in [6.45, 7) is 2.72. The minimum Gasteiger partial charge on any atom is -0.480 e. The highest BCUT2D eigenvalue weighted by atomic mass is 16.4. The first kappa shape index (κ1) is 15.0. The number of piperidine rings is 1. The van der Waals surface area contributed by atoms with E-state index in [4.69, 9.17) is 0 Å². The standard InChI is InChI=1S/C16H24N2O2/c1-17(2)16(15(19)20)9-12-18(13-10-16)11-8-14-6-4-3-5-7-14/h3-7H,8-13H2,1-2H3,(H,19,20). The molecule has 0 atom stereocenters. The molecule has 0 unspecified atom stereocenters. The largest absolute Gasteiger partial charge is 0.480 e. The summed E-state index contributed by atoms with van der Waals surface area (Å²) in [5, 5.41) is 9.49. The number of rotatable bonds is 5. The van der Waals surface area contributed by atoms with Crippen LogP contribution in [0.3, 0.4) is 0 Å². The van der Waals surface area contributed by atoms with Crippen molar-refractivity contribution in [3.63, 3.8) is 0 Å². The van der Waals surface area contributed by atoms with Crippen LogP contribution in [0.5, 0.6) is 0 Å². The van der Waals surface area contributed by atoms with Crippen LogP contribution in [0.2, 0.25) is 0 Å². The van der Waals surface area contributed by atoms with Gasteiger partial charge in [-0.2, -0.15) is 0 Å². The zero-order chi connectivity index (χ0) is 14.6. The minimum absolute atomic E-state index is 0.677. The van der Waals surface area contributed by atoms with Crippen molar-refractivity contribution >= 4 is 5.97 Å². The normalized spacial score (nSPS) is 19.1. The topological polar surface area (TPSA) is 43.8 Å². The van der Waals surface area contributed by atoms with Crippen molar-refractivity contribution in [3.05, 3.63) is 35.9 Å². The molecule has 1 heterocycles. The van der Waals surface area contributed by atoms with E-state index in [9.17, 15) is 9.90 Å². The van der Waals surface area contributed by atoms with Gasteiger partial charge in [0.1, 0.15) is 5.54 Å². The van der Waals surface area contributed by atoms with Gasteiger partial charge in [0, 0.05) is 19.6 Å². The van der Waals surface area contributed by atoms with Crippen LogP contribution in [0.1, 0.15) is 18.4 Å². The molecular formula is C16H24N2O2. The van der Waals surface area contributed by atoms with Crippen molar-refractivity contribution in [2.75, 3.05) is 33.7 Å². The second kappa shape index (κ2) is 6.37. The highest BCUT2D eigenvalue weighted by molar-refractivity contribution is 5.78. The van der Waals surface area contributed by atoms with E-state index >= 15 is 0 Å². The maximum absolute atomic E-state index is 11.5. The molecule has 0 aliphatic carbocycles. The number of hydrogen-bond donors (Lipinski definition) is 1. The van der Waals surface area contributed by atoms with E-state index in [0.29, 0.717) is 12.8 Å². The van der Waals surface area contributed by atoms with Gasteiger partial charge in [-0.15, -0.1) is 0 Å². The summed E-state index contributed by atoms with van der Waals surface area (Å²) >= 11 is 0. The number of carbonyl (C=O) groups is 1. The SMILES string of the molecule is CN(C)C1(C(=O)O)CCN(CCc2ccccc2)CC1. The highest BCUT2D eigenvalue weighted by Gasteiger charge is 2.43. The Hall–Kier alpha value is -1.39. The predicted molar refractivity (Wildman–Crippen MR) is 79.9 cm³/mol. The lowest BCUT2D eigenvalue weighted by atomic mass is 9.86. The Balaban J connectivity index is 1.86. The lowest BCUT2D eigenvalue weighted by molar-refractivity contribution is -0.153. The maximum atomic E-state index is 11.5. The molecule has 1 fully saturated rings. The van der Waals surface area contributed by atoms with Crippen LogP contribution in [0, 0.1) is 0 Å². The van der Waals surface area contributed by atoms with Gasteiger partial charge >= 0.3 is 5.97 Å². The van der Waals surface area contributed by atoms with E-state index in [1.54, 1.807) is 0 Å². The number of nitrogens with zero attached hydrogens (tertiary/aromatic N) is 2. The average Bonchev–Trinajstić information content (AvgIpc) is 2.46. The smallest absolute Gasteiger partial charge is 0.324 e. The quantitative estimate of drug-likeness (QED) is 0.889. The molecule has 1 aliphatic heterocycles. The fourth-order valence-corrected chi connectivity index (χ4v) is 2.93. The van der Waals surface area contributed by atoms with Crippen LogP contribution in [-0.4, -0.2) is 60.1 Å². The lowest BCUT2D eigenvalue weighted by Crippen LogP contribution is -2.57. The number of aliphatic carboxylic acids is 1. The van der Waals surface area contributed by atoms with Gasteiger partial charge in [0.25, 0.3) is 0 Å². The van der Waals surface area contributed by atoms with Crippen LogP contribution < -0.4 is 0 Å². The van der Waals surface area contributed by atoms with E-state index in [-0.39, 0.29) is 0 Å². The number of benzene rings is 1. The van der Waals surface area contributed by atoms with Gasteiger partial charge < -0.3 is 10.0 Å². The van der Waals surface area contributed by atoms with E-state index in [2.05, 4.69) is 29.2 Å². The third-order valence-electron chi connectivity index (χ3n) is 4.50. The molecule has 110 valence electrons. The van der Waals surface area contributed by atoms with E-state index < -0.39 is 11.5 Å². The Morgan fingerprint density at radius 2 is 1.85 bits per heavy atom. The molecule has 1 aliphatic rings. The molecular weight excluding hydrogens is 252 g/mol. The fraction of sp³-hybridized carbons (Fsp3) is 0.562. The number of hydrogen-bond acceptors (Lipinski definition) is 3. The van der Waals surface area contributed by atoms with Crippen LogP contribution in [0.15, 0.2) is 30.3 Å². The monoisotopic (exact) mass is 276 g/mol. The van der Waals surface area contributed by atoms with Crippen molar-refractivity contribution in [3.8, 4) is 0 Å². The average molecular weight is 276 g/mol. The van der Waals surface area contributed by atoms with Crippen LogP contribution >= 0.6 is 0 Å². The first-order chi connectivity index (χ1) is 9.54. The van der Waals surface area contributed by atoms with Crippen molar-refractivity contribution < 1.29 is 9.90 Å². The summed E-state index contributed by atoms with van der Waals surface area (Å²) in [6, 6.07) is 10.4. The molecule has 1 saturated heterocycles. The molecule has 0 saturated carbocycles. The Morgan fingerprint density at radius 3 is 2.35 bits per heavy atom. The summed E-state index contributed by atoms with van der Waals surface area (Å²) in [7, 11) is 3.74. The number of carboxylic acid groups (broad SMARTS) is 1. The van der Waals surface area contributed by atoms with Gasteiger partial charge in [0.05, 0.1) is 0 Å². The van der Waals surface area contributed by atoms with Crippen molar-refractivity contribution in [2.45, 2.75) is 24.8 Å². The summed E-state index contributed by atoms with van der Waals surface area (Å²) in [4.78, 5) is 15.8. The Bertz CT molecular complexity index is 437. The maximum Gasteiger partial charge on any atom is 0.324 e. The molecule has 0 radical (unpaired) electrons. The summed E-state index contributed by atoms with van der Waals surface area (Å²) in [5.41, 5.74) is 0.665. The molecule has 0 spiro atoms. The molecule has 0 bridgehead atoms. The van der Waals surface area contributed by atoms with Crippen LogP contribution in [0.4, 0.5) is 0 Å². The summed E-state index contributed by atoms with van der Waals surface area (Å²) in [5.74, 6) is -0.690. The van der Waals surface area contributed by atoms with E-state index in [0.717, 1.165) is 26.1 Å². The van der Waals surface area contributed by atoms with Crippen molar-refractivity contribution in [2.24, 2.45) is 0 Å². The molecule has 1 N–H and O–H groups in total. The van der Waals surface area contributed by atoms with Crippen LogP contribution in [-0.2, 0) is 11.2 Å². The molecule has 1 aromatic carbocycles. The first-order valence-corrected chi connectivity index (χ1v) is 7.22. The molecule has 1 aromatic rings. The molecule has 4 nitrogen and oxygen atoms in total. The van der Waals surface area contributed by atoms with Gasteiger partial charge in [-0.25, -0.2) is 0 Å². The lowest BCUT2D eigenvalue weighted by Gasteiger charge is -2.42. The Kier molecular flexibility index (Phi) is 4.78. The van der Waals surface area contributed by atoms with Crippen molar-refractivity contribution in [1.82, 2.24) is 9.80 Å². The molecule has 4 heteroatoms. The number of likely N-dealkylation sites (tertiary alicyclic amines) is 1. The van der Waals surface area contributed by atoms with Gasteiger partial charge in [-0.3, -0.25) is 9.69 Å². The zero-order valence-corrected chi connectivity index (χ0v) is 12.4. The Morgan fingerprint density at radius 1 is 1.25 bits per heavy atom. The van der Waals surface area contributed by atoms with E-state index in [1.807, 2.05) is 25.1 Å². The zero-order valence-electron chi connectivity index (χ0n) is 12.4. The third-order valence-corrected chi connectivity index (χ3v) is 4.50. The summed E-state index contributed by atoms with van der Waals surface area (Å²) in [6.07, 6.45) is 2.43. The molecule has 0 aromatic heterocycles. The van der Waals surface area contributed by atoms with Gasteiger partial charge in [-0.1, -0.05) is 30.3 Å². The number of carboxylic acids is 1. The van der Waals surface area contributed by atoms with Gasteiger partial charge in [-0.05, 0) is 38.9 Å². The second-order valence-corrected chi connectivity index (χ2v) is 5.81. The second-order valence-electron chi connectivity index (χ2n) is 5.81. The van der Waals surface area contributed by atoms with Crippen molar-refractivity contribution in [1.29, 1.82) is 0 Å². The Labute approximate surface area is 121 Å². The van der Waals surface area contributed by atoms with Crippen LogP contribution in [0.25, 0.3) is 0 Å². The minimum atomic E-state index is -0.690.